The summed E-state index contributed by atoms with van der Waals surface area (Å²) in [6, 6.07) is 8.33. The molecule has 0 aliphatic carbocycles. The van der Waals surface area contributed by atoms with Crippen molar-refractivity contribution in [3.8, 4) is 0 Å². The number of nitrogens with one attached hydrogen (secondary N) is 1. The van der Waals surface area contributed by atoms with Gasteiger partial charge in [-0.25, -0.2) is 0 Å². The minimum Gasteiger partial charge on any atom is -0.336 e. The smallest absolute Gasteiger partial charge is 0.253 e. The largest absolute Gasteiger partial charge is 0.336 e. The SMILES string of the molecule is CN(C(=O)c1ccc(C(C)(C)C)cc1)C1CNC1.Cl. The van der Waals surface area contributed by atoms with E-state index >= 15 is 0 Å². The van der Waals surface area contributed by atoms with Gasteiger partial charge in [-0.2, -0.15) is 0 Å². The van der Waals surface area contributed by atoms with E-state index in [1.165, 1.54) is 5.56 Å². The molecule has 1 aliphatic heterocycles. The van der Waals surface area contributed by atoms with Crippen molar-refractivity contribution in [3.05, 3.63) is 35.4 Å². The van der Waals surface area contributed by atoms with Gasteiger partial charge in [-0.1, -0.05) is 32.9 Å². The van der Waals surface area contributed by atoms with Crippen molar-refractivity contribution >= 4 is 18.3 Å². The van der Waals surface area contributed by atoms with Crippen molar-refractivity contribution in [1.82, 2.24) is 10.2 Å². The van der Waals surface area contributed by atoms with E-state index in [1.807, 2.05) is 24.1 Å². The Morgan fingerprint density at radius 1 is 1.21 bits per heavy atom. The lowest BCUT2D eigenvalue weighted by atomic mass is 9.86. The molecular weight excluding hydrogens is 260 g/mol. The third-order valence-corrected chi connectivity index (χ3v) is 3.63. The van der Waals surface area contributed by atoms with Gasteiger partial charge in [0.25, 0.3) is 5.91 Å². The molecule has 3 nitrogen and oxygen atoms in total. The van der Waals surface area contributed by atoms with Crippen LogP contribution < -0.4 is 5.32 Å². The van der Waals surface area contributed by atoms with Crippen LogP contribution in [0.4, 0.5) is 0 Å². The highest BCUT2D eigenvalue weighted by molar-refractivity contribution is 5.94. The van der Waals surface area contributed by atoms with Crippen LogP contribution in [-0.2, 0) is 5.41 Å². The molecule has 4 heteroatoms. The Morgan fingerprint density at radius 2 is 1.74 bits per heavy atom. The molecular formula is C15H23ClN2O. The molecule has 1 aromatic rings. The first-order valence-corrected chi connectivity index (χ1v) is 6.48. The number of amides is 1. The Kier molecular flexibility index (Phi) is 4.99. The molecule has 1 aliphatic rings. The summed E-state index contributed by atoms with van der Waals surface area (Å²) >= 11 is 0. The second-order valence-corrected chi connectivity index (χ2v) is 6.06. The van der Waals surface area contributed by atoms with Gasteiger partial charge in [0.2, 0.25) is 0 Å². The Bertz CT molecular complexity index is 432. The van der Waals surface area contributed by atoms with E-state index in [9.17, 15) is 4.79 Å². The van der Waals surface area contributed by atoms with Crippen molar-refractivity contribution < 1.29 is 4.79 Å². The van der Waals surface area contributed by atoms with Crippen LogP contribution in [0.15, 0.2) is 24.3 Å². The second-order valence-electron chi connectivity index (χ2n) is 6.06. The van der Waals surface area contributed by atoms with Gasteiger partial charge in [-0.05, 0) is 23.1 Å². The highest BCUT2D eigenvalue weighted by Gasteiger charge is 2.26. The molecule has 0 unspecified atom stereocenters. The summed E-state index contributed by atoms with van der Waals surface area (Å²) < 4.78 is 0. The van der Waals surface area contributed by atoms with Crippen LogP contribution >= 0.6 is 12.4 Å². The summed E-state index contributed by atoms with van der Waals surface area (Å²) in [5, 5.41) is 3.18. The van der Waals surface area contributed by atoms with E-state index in [2.05, 4.69) is 38.2 Å². The lowest BCUT2D eigenvalue weighted by molar-refractivity contribution is 0.0681. The molecule has 1 N–H and O–H groups in total. The van der Waals surface area contributed by atoms with Crippen LogP contribution in [0.25, 0.3) is 0 Å². The van der Waals surface area contributed by atoms with Gasteiger partial charge in [0.1, 0.15) is 0 Å². The number of likely N-dealkylation sites (N-methyl/N-ethyl adjacent to an activating group) is 1. The Balaban J connectivity index is 0.00000180. The maximum absolute atomic E-state index is 12.2. The number of carbonyl (C=O) groups is 1. The number of carbonyl (C=O) groups excluding carboxylic acids is 1. The Morgan fingerprint density at radius 3 is 2.11 bits per heavy atom. The van der Waals surface area contributed by atoms with Gasteiger partial charge in [-0.15, -0.1) is 12.4 Å². The van der Waals surface area contributed by atoms with Crippen LogP contribution in [0.3, 0.4) is 0 Å². The zero-order valence-electron chi connectivity index (χ0n) is 12.1. The lowest BCUT2D eigenvalue weighted by Gasteiger charge is -2.35. The van der Waals surface area contributed by atoms with E-state index in [0.29, 0.717) is 6.04 Å². The molecule has 1 amide bonds. The third-order valence-electron chi connectivity index (χ3n) is 3.63. The zero-order chi connectivity index (χ0) is 13.3. The van der Waals surface area contributed by atoms with E-state index in [0.717, 1.165) is 18.7 Å². The van der Waals surface area contributed by atoms with Gasteiger partial charge < -0.3 is 10.2 Å². The molecule has 0 atom stereocenters. The molecule has 1 heterocycles. The molecule has 0 spiro atoms. The van der Waals surface area contributed by atoms with Gasteiger partial charge in [0, 0.05) is 25.7 Å². The highest BCUT2D eigenvalue weighted by Crippen LogP contribution is 2.22. The maximum Gasteiger partial charge on any atom is 0.253 e. The first-order valence-electron chi connectivity index (χ1n) is 6.48. The number of hydrogen-bond donors (Lipinski definition) is 1. The molecule has 1 fully saturated rings. The molecule has 0 bridgehead atoms. The fraction of sp³-hybridized carbons (Fsp3) is 0.533. The van der Waals surface area contributed by atoms with Gasteiger partial charge >= 0.3 is 0 Å². The monoisotopic (exact) mass is 282 g/mol. The maximum atomic E-state index is 12.2. The molecule has 106 valence electrons. The normalized spacial score (nSPS) is 15.4. The molecule has 1 saturated heterocycles. The van der Waals surface area contributed by atoms with Crippen molar-refractivity contribution in [3.63, 3.8) is 0 Å². The molecule has 0 aromatic heterocycles. The van der Waals surface area contributed by atoms with Crippen LogP contribution in [0, 0.1) is 0 Å². The summed E-state index contributed by atoms with van der Waals surface area (Å²) in [6.07, 6.45) is 0. The van der Waals surface area contributed by atoms with Crippen LogP contribution in [-0.4, -0.2) is 37.0 Å². The van der Waals surface area contributed by atoms with Gasteiger partial charge in [0.05, 0.1) is 6.04 Å². The number of nitrogens with zero attached hydrogens (tertiary/aromatic N) is 1. The van der Waals surface area contributed by atoms with Crippen molar-refractivity contribution in [2.45, 2.75) is 32.2 Å². The lowest BCUT2D eigenvalue weighted by Crippen LogP contribution is -2.57. The fourth-order valence-electron chi connectivity index (χ4n) is 2.03. The van der Waals surface area contributed by atoms with E-state index in [1.54, 1.807) is 0 Å². The zero-order valence-corrected chi connectivity index (χ0v) is 12.9. The predicted octanol–water partition coefficient (Wildman–Crippen LogP) is 2.45. The number of rotatable bonds is 2. The summed E-state index contributed by atoms with van der Waals surface area (Å²) in [5.41, 5.74) is 2.16. The summed E-state index contributed by atoms with van der Waals surface area (Å²) in [7, 11) is 1.88. The number of hydrogen-bond acceptors (Lipinski definition) is 2. The molecule has 19 heavy (non-hydrogen) atoms. The molecule has 0 radical (unpaired) electrons. The topological polar surface area (TPSA) is 32.3 Å². The van der Waals surface area contributed by atoms with Crippen LogP contribution in [0.2, 0.25) is 0 Å². The average molecular weight is 283 g/mol. The summed E-state index contributed by atoms with van der Waals surface area (Å²) in [4.78, 5) is 14.1. The average Bonchev–Trinajstić information content (AvgIpc) is 2.24. The number of benzene rings is 1. The minimum atomic E-state index is 0. The minimum absolute atomic E-state index is 0. The van der Waals surface area contributed by atoms with Crippen LogP contribution in [0.1, 0.15) is 36.7 Å². The van der Waals surface area contributed by atoms with E-state index in [4.69, 9.17) is 0 Å². The van der Waals surface area contributed by atoms with Crippen molar-refractivity contribution in [2.24, 2.45) is 0 Å². The van der Waals surface area contributed by atoms with Gasteiger partial charge in [-0.3, -0.25) is 4.79 Å². The predicted molar refractivity (Wildman–Crippen MR) is 81.1 cm³/mol. The van der Waals surface area contributed by atoms with E-state index < -0.39 is 0 Å². The standard InChI is InChI=1S/C15H22N2O.ClH/c1-15(2,3)12-7-5-11(6-8-12)14(18)17(4)13-9-16-10-13;/h5-8,13,16H,9-10H2,1-4H3;1H. The molecule has 1 aromatic carbocycles. The van der Waals surface area contributed by atoms with E-state index in [-0.39, 0.29) is 23.7 Å². The highest BCUT2D eigenvalue weighted by atomic mass is 35.5. The first-order chi connectivity index (χ1) is 8.39. The quantitative estimate of drug-likeness (QED) is 0.904. The van der Waals surface area contributed by atoms with Crippen LogP contribution in [0.5, 0.6) is 0 Å². The van der Waals surface area contributed by atoms with Crippen molar-refractivity contribution in [1.29, 1.82) is 0 Å². The van der Waals surface area contributed by atoms with Crippen molar-refractivity contribution in [2.75, 3.05) is 20.1 Å². The van der Waals surface area contributed by atoms with Gasteiger partial charge in [0.15, 0.2) is 0 Å². The first kappa shape index (κ1) is 16.0. The third kappa shape index (κ3) is 3.48. The number of halogens is 1. The Labute approximate surface area is 121 Å². The summed E-state index contributed by atoms with van der Waals surface area (Å²) in [5.74, 6) is 0.113. The molecule has 0 saturated carbocycles. The fourth-order valence-corrected chi connectivity index (χ4v) is 2.03. The Hall–Kier alpha value is -1.06. The molecule has 2 rings (SSSR count). The summed E-state index contributed by atoms with van der Waals surface area (Å²) in [6.45, 7) is 8.34. The second kappa shape index (κ2) is 5.93.